The molecule has 5 nitrogen and oxygen atoms in total. The molecule has 110 valence electrons. The van der Waals surface area contributed by atoms with E-state index in [0.29, 0.717) is 18.1 Å². The van der Waals surface area contributed by atoms with E-state index in [1.165, 1.54) is 19.3 Å². The third-order valence-electron chi connectivity index (χ3n) is 5.27. The molecule has 0 aromatic carbocycles. The Bertz CT molecular complexity index is 499. The van der Waals surface area contributed by atoms with E-state index in [0.717, 1.165) is 31.1 Å². The van der Waals surface area contributed by atoms with Crippen LogP contribution in [0.25, 0.3) is 0 Å². The van der Waals surface area contributed by atoms with E-state index < -0.39 is 0 Å². The lowest BCUT2D eigenvalue weighted by molar-refractivity contribution is 0.0996. The number of fused-ring (bicyclic) bond motifs is 2. The Kier molecular flexibility index (Phi) is 2.89. The molecule has 3 fully saturated rings. The summed E-state index contributed by atoms with van der Waals surface area (Å²) in [5.41, 5.74) is 0.174. The van der Waals surface area contributed by atoms with Gasteiger partial charge in [-0.1, -0.05) is 19.0 Å². The minimum atomic E-state index is 0.174. The van der Waals surface area contributed by atoms with Crippen molar-refractivity contribution in [1.29, 1.82) is 0 Å². The Morgan fingerprint density at radius 2 is 2.20 bits per heavy atom. The number of hydrogen-bond acceptors (Lipinski definition) is 5. The first-order chi connectivity index (χ1) is 9.63. The molecule has 3 saturated heterocycles. The van der Waals surface area contributed by atoms with Crippen LogP contribution in [0.5, 0.6) is 0 Å². The first kappa shape index (κ1) is 12.8. The number of hydrogen-bond donors (Lipinski definition) is 1. The third-order valence-corrected chi connectivity index (χ3v) is 5.27. The highest BCUT2D eigenvalue weighted by molar-refractivity contribution is 5.09. The Morgan fingerprint density at radius 1 is 1.30 bits per heavy atom. The molecule has 0 spiro atoms. The van der Waals surface area contributed by atoms with Gasteiger partial charge in [-0.05, 0) is 44.1 Å². The maximum absolute atomic E-state index is 5.90. The van der Waals surface area contributed by atoms with E-state index in [1.54, 1.807) is 0 Å². The minimum absolute atomic E-state index is 0.174. The smallest absolute Gasteiger partial charge is 0.244 e. The van der Waals surface area contributed by atoms with E-state index >= 15 is 0 Å². The van der Waals surface area contributed by atoms with Gasteiger partial charge in [0.2, 0.25) is 5.89 Å². The monoisotopic (exact) mass is 277 g/mol. The topological polar surface area (TPSA) is 60.2 Å². The zero-order valence-corrected chi connectivity index (χ0v) is 12.3. The Labute approximate surface area is 119 Å². The molecule has 1 aromatic rings. The molecule has 4 unspecified atom stereocenters. The van der Waals surface area contributed by atoms with Gasteiger partial charge in [0, 0.05) is 0 Å². The van der Waals surface area contributed by atoms with Crippen LogP contribution >= 0.6 is 0 Å². The maximum Gasteiger partial charge on any atom is 0.244 e. The Morgan fingerprint density at radius 3 is 2.90 bits per heavy atom. The Balaban J connectivity index is 1.56. The number of nitrogens with zero attached hydrogens (tertiary/aromatic N) is 2. The summed E-state index contributed by atoms with van der Waals surface area (Å²) in [5.74, 6) is 1.96. The lowest BCUT2D eigenvalue weighted by Gasteiger charge is -2.36. The van der Waals surface area contributed by atoms with Crippen molar-refractivity contribution in [3.63, 3.8) is 0 Å². The molecule has 4 heterocycles. The van der Waals surface area contributed by atoms with Gasteiger partial charge in [0.15, 0.2) is 5.82 Å². The lowest BCUT2D eigenvalue weighted by Crippen LogP contribution is -2.39. The summed E-state index contributed by atoms with van der Waals surface area (Å²) in [5, 5.41) is 7.79. The zero-order valence-electron chi connectivity index (χ0n) is 12.3. The normalized spacial score (nSPS) is 39.3. The summed E-state index contributed by atoms with van der Waals surface area (Å²) in [4.78, 5) is 4.71. The van der Waals surface area contributed by atoms with E-state index in [4.69, 9.17) is 14.2 Å². The molecular weight excluding hydrogens is 254 g/mol. The first-order valence-corrected chi connectivity index (χ1v) is 7.86. The summed E-state index contributed by atoms with van der Waals surface area (Å²) < 4.78 is 11.5. The zero-order chi connectivity index (χ0) is 13.7. The summed E-state index contributed by atoms with van der Waals surface area (Å²) in [7, 11) is 0. The second kappa shape index (κ2) is 4.53. The predicted octanol–water partition coefficient (Wildman–Crippen LogP) is 2.56. The molecule has 3 aliphatic heterocycles. The second-order valence-electron chi connectivity index (χ2n) is 7.19. The van der Waals surface area contributed by atoms with E-state index in [9.17, 15) is 0 Å². The SMILES string of the molecule is CC1(C)CCCNC1c1nc(C2CC3CCC2O3)no1. The quantitative estimate of drug-likeness (QED) is 0.900. The highest BCUT2D eigenvalue weighted by Gasteiger charge is 2.44. The lowest BCUT2D eigenvalue weighted by atomic mass is 9.77. The highest BCUT2D eigenvalue weighted by atomic mass is 16.5. The number of piperidine rings is 1. The molecule has 4 atom stereocenters. The fraction of sp³-hybridized carbons (Fsp3) is 0.867. The minimum Gasteiger partial charge on any atom is -0.374 e. The van der Waals surface area contributed by atoms with Gasteiger partial charge in [-0.15, -0.1) is 0 Å². The molecule has 2 bridgehead atoms. The van der Waals surface area contributed by atoms with Crippen LogP contribution < -0.4 is 5.32 Å². The van der Waals surface area contributed by atoms with Gasteiger partial charge in [0.25, 0.3) is 0 Å². The van der Waals surface area contributed by atoms with Gasteiger partial charge in [0.1, 0.15) is 0 Å². The van der Waals surface area contributed by atoms with Crippen molar-refractivity contribution in [2.24, 2.45) is 5.41 Å². The van der Waals surface area contributed by atoms with Crippen molar-refractivity contribution in [2.45, 2.75) is 70.1 Å². The molecule has 3 aliphatic rings. The van der Waals surface area contributed by atoms with Crippen molar-refractivity contribution in [3.05, 3.63) is 11.7 Å². The van der Waals surface area contributed by atoms with Crippen LogP contribution in [0.1, 0.15) is 69.6 Å². The van der Waals surface area contributed by atoms with Gasteiger partial charge >= 0.3 is 0 Å². The number of rotatable bonds is 2. The van der Waals surface area contributed by atoms with Gasteiger partial charge in [-0.2, -0.15) is 4.98 Å². The molecule has 0 aliphatic carbocycles. The average Bonchev–Trinajstić information content (AvgIpc) is 3.14. The van der Waals surface area contributed by atoms with Crippen LogP contribution in [0.2, 0.25) is 0 Å². The molecular formula is C15H23N3O2. The van der Waals surface area contributed by atoms with Crippen LogP contribution in [0.4, 0.5) is 0 Å². The van der Waals surface area contributed by atoms with Crippen LogP contribution in [0.3, 0.4) is 0 Å². The second-order valence-corrected chi connectivity index (χ2v) is 7.19. The Hall–Kier alpha value is -0.940. The molecule has 1 N–H and O–H groups in total. The van der Waals surface area contributed by atoms with Crippen molar-refractivity contribution in [2.75, 3.05) is 6.54 Å². The molecule has 4 rings (SSSR count). The van der Waals surface area contributed by atoms with Crippen molar-refractivity contribution in [3.8, 4) is 0 Å². The van der Waals surface area contributed by atoms with Gasteiger partial charge < -0.3 is 14.6 Å². The highest BCUT2D eigenvalue weighted by Crippen LogP contribution is 2.44. The molecule has 1 aromatic heterocycles. The van der Waals surface area contributed by atoms with Crippen molar-refractivity contribution >= 4 is 0 Å². The fourth-order valence-electron chi connectivity index (χ4n) is 4.06. The van der Waals surface area contributed by atoms with Gasteiger partial charge in [-0.25, -0.2) is 0 Å². The van der Waals surface area contributed by atoms with Crippen molar-refractivity contribution < 1.29 is 9.26 Å². The average molecular weight is 277 g/mol. The van der Waals surface area contributed by atoms with Crippen LogP contribution in [0.15, 0.2) is 4.52 Å². The molecule has 0 amide bonds. The standard InChI is InChI=1S/C15H23N3O2/c1-15(2)6-3-7-16-12(15)14-17-13(18-20-14)10-8-9-4-5-11(10)19-9/h9-12,16H,3-8H2,1-2H3. The fourth-order valence-corrected chi connectivity index (χ4v) is 4.06. The summed E-state index contributed by atoms with van der Waals surface area (Å²) in [6.45, 7) is 5.58. The largest absolute Gasteiger partial charge is 0.374 e. The van der Waals surface area contributed by atoms with E-state index in [1.807, 2.05) is 0 Å². The summed E-state index contributed by atoms with van der Waals surface area (Å²) >= 11 is 0. The van der Waals surface area contributed by atoms with E-state index in [2.05, 4.69) is 24.3 Å². The summed E-state index contributed by atoms with van der Waals surface area (Å²) in [6, 6.07) is 0.178. The number of nitrogens with one attached hydrogen (secondary N) is 1. The van der Waals surface area contributed by atoms with Gasteiger partial charge in [0.05, 0.1) is 24.2 Å². The third kappa shape index (κ3) is 1.99. The summed E-state index contributed by atoms with van der Waals surface area (Å²) in [6.07, 6.45) is 6.55. The predicted molar refractivity (Wildman–Crippen MR) is 73.3 cm³/mol. The van der Waals surface area contributed by atoms with Crippen molar-refractivity contribution in [1.82, 2.24) is 15.5 Å². The molecule has 5 heteroatoms. The van der Waals surface area contributed by atoms with Gasteiger partial charge in [-0.3, -0.25) is 0 Å². The molecule has 0 radical (unpaired) electrons. The first-order valence-electron chi connectivity index (χ1n) is 7.86. The van der Waals surface area contributed by atoms with Crippen LogP contribution in [-0.2, 0) is 4.74 Å². The van der Waals surface area contributed by atoms with Crippen LogP contribution in [0, 0.1) is 5.41 Å². The maximum atomic E-state index is 5.90. The number of aromatic nitrogens is 2. The van der Waals surface area contributed by atoms with E-state index in [-0.39, 0.29) is 11.5 Å². The van der Waals surface area contributed by atoms with Crippen LogP contribution in [-0.4, -0.2) is 28.9 Å². The number of ether oxygens (including phenoxy) is 1. The molecule has 0 saturated carbocycles. The molecule has 20 heavy (non-hydrogen) atoms.